The van der Waals surface area contributed by atoms with E-state index in [0.717, 1.165) is 26.9 Å². The van der Waals surface area contributed by atoms with E-state index in [1.54, 1.807) is 14.2 Å². The quantitative estimate of drug-likeness (QED) is 0.258. The van der Waals surface area contributed by atoms with Crippen LogP contribution in [0.3, 0.4) is 0 Å². The first-order chi connectivity index (χ1) is 16.2. The van der Waals surface area contributed by atoms with Crippen molar-refractivity contribution >= 4 is 27.6 Å². The normalized spacial score (nSPS) is 11.9. The first-order valence-corrected chi connectivity index (χ1v) is 11.8. The Balaban J connectivity index is 2.12. The van der Waals surface area contributed by atoms with Gasteiger partial charge in [0.2, 0.25) is 0 Å². The average molecular weight is 524 g/mol. The topological polar surface area (TPSA) is 57.1 Å². The molecular weight excluding hydrogens is 494 g/mol. The highest BCUT2D eigenvalue weighted by atomic mass is 79.9. The maximum absolute atomic E-state index is 13.3. The van der Waals surface area contributed by atoms with Crippen LogP contribution in [0.4, 0.5) is 0 Å². The van der Waals surface area contributed by atoms with Gasteiger partial charge in [0.05, 0.1) is 19.9 Å². The van der Waals surface area contributed by atoms with Crippen LogP contribution in [0.5, 0.6) is 11.5 Å². The van der Waals surface area contributed by atoms with Crippen molar-refractivity contribution < 1.29 is 19.0 Å². The molecule has 0 aliphatic carbocycles. The Bertz CT molecular complexity index is 1100. The Labute approximate surface area is 209 Å². The van der Waals surface area contributed by atoms with Gasteiger partial charge in [0, 0.05) is 22.0 Å². The van der Waals surface area contributed by atoms with Gasteiger partial charge < -0.3 is 14.2 Å². The molecule has 1 atom stereocenters. The third-order valence-corrected chi connectivity index (χ3v) is 5.76. The lowest BCUT2D eigenvalue weighted by Crippen LogP contribution is -2.33. The molecule has 0 aliphatic rings. The maximum atomic E-state index is 13.3. The van der Waals surface area contributed by atoms with Crippen molar-refractivity contribution in [2.24, 2.45) is 4.99 Å². The van der Waals surface area contributed by atoms with Crippen molar-refractivity contribution in [2.45, 2.75) is 38.8 Å². The van der Waals surface area contributed by atoms with Gasteiger partial charge in [-0.3, -0.25) is 4.99 Å². The van der Waals surface area contributed by atoms with Crippen LogP contribution in [0.25, 0.3) is 0 Å². The van der Waals surface area contributed by atoms with Gasteiger partial charge in [0.25, 0.3) is 0 Å². The molecule has 0 N–H and O–H groups in total. The molecule has 0 spiro atoms. The van der Waals surface area contributed by atoms with Crippen LogP contribution in [0.1, 0.15) is 37.5 Å². The van der Waals surface area contributed by atoms with Crippen molar-refractivity contribution in [3.05, 3.63) is 94.0 Å². The second-order valence-corrected chi connectivity index (χ2v) is 9.62. The number of hydrogen-bond donors (Lipinski definition) is 0. The molecule has 3 rings (SSSR count). The minimum atomic E-state index is -0.774. The van der Waals surface area contributed by atoms with Crippen molar-refractivity contribution in [3.8, 4) is 11.5 Å². The van der Waals surface area contributed by atoms with Gasteiger partial charge in [-0.25, -0.2) is 4.79 Å². The smallest absolute Gasteiger partial charge is 0.331 e. The van der Waals surface area contributed by atoms with Gasteiger partial charge in [-0.15, -0.1) is 0 Å². The summed E-state index contributed by atoms with van der Waals surface area (Å²) in [6.07, 6.45) is 0.318. The highest BCUT2D eigenvalue weighted by Gasteiger charge is 2.27. The summed E-state index contributed by atoms with van der Waals surface area (Å²) in [4.78, 5) is 18.3. The predicted molar refractivity (Wildman–Crippen MR) is 139 cm³/mol. The third kappa shape index (κ3) is 6.70. The zero-order chi connectivity index (χ0) is 24.7. The molecule has 5 nitrogen and oxygen atoms in total. The summed E-state index contributed by atoms with van der Waals surface area (Å²) >= 11 is 3.61. The zero-order valence-corrected chi connectivity index (χ0v) is 21.8. The summed E-state index contributed by atoms with van der Waals surface area (Å²) in [5.41, 5.74) is 2.80. The minimum Gasteiger partial charge on any atom is -0.493 e. The van der Waals surface area contributed by atoms with E-state index in [1.165, 1.54) is 0 Å². The zero-order valence-electron chi connectivity index (χ0n) is 20.2. The number of aliphatic imine (C=N–C) groups is 1. The van der Waals surface area contributed by atoms with E-state index in [4.69, 9.17) is 19.2 Å². The van der Waals surface area contributed by atoms with Crippen LogP contribution in [0, 0.1) is 0 Å². The molecule has 0 radical (unpaired) electrons. The molecule has 0 bridgehead atoms. The summed E-state index contributed by atoms with van der Waals surface area (Å²) < 4.78 is 17.4. The Morgan fingerprint density at radius 3 is 1.85 bits per heavy atom. The molecular formula is C28H30BrNO4. The SMILES string of the molecule is COc1cc(Br)c(C[C@H](N=C(c2ccccc2)c2ccccc2)C(=O)OC(C)(C)C)cc1OC. The Kier molecular flexibility index (Phi) is 8.51. The molecule has 34 heavy (non-hydrogen) atoms. The summed E-state index contributed by atoms with van der Waals surface area (Å²) in [7, 11) is 3.17. The number of methoxy groups -OCH3 is 2. The van der Waals surface area contributed by atoms with E-state index in [2.05, 4.69) is 15.9 Å². The molecule has 6 heteroatoms. The van der Waals surface area contributed by atoms with Crippen LogP contribution in [0.15, 0.2) is 82.3 Å². The maximum Gasteiger partial charge on any atom is 0.331 e. The van der Waals surface area contributed by atoms with Crippen LogP contribution >= 0.6 is 15.9 Å². The second kappa shape index (κ2) is 11.3. The highest BCUT2D eigenvalue weighted by molar-refractivity contribution is 9.10. The molecule has 3 aromatic carbocycles. The summed E-state index contributed by atoms with van der Waals surface area (Å²) in [5.74, 6) is 0.794. The van der Waals surface area contributed by atoms with Gasteiger partial charge in [-0.05, 0) is 38.5 Å². The number of ether oxygens (including phenoxy) is 3. The number of carbonyl (C=O) groups is 1. The molecule has 0 unspecified atom stereocenters. The molecule has 3 aromatic rings. The first kappa shape index (κ1) is 25.5. The van der Waals surface area contributed by atoms with Crippen molar-refractivity contribution in [1.29, 1.82) is 0 Å². The standard InChI is InChI=1S/C28H30BrNO4/c1-28(2,3)34-27(31)23(16-21-17-24(32-4)25(33-5)18-22(21)29)30-26(19-12-8-6-9-13-19)20-14-10-7-11-15-20/h6-15,17-18,23H,16H2,1-5H3/t23-/m0/s1. The van der Waals surface area contributed by atoms with E-state index in [1.807, 2.05) is 93.6 Å². The molecule has 0 saturated carbocycles. The third-order valence-electron chi connectivity index (χ3n) is 5.02. The molecule has 0 amide bonds. The summed E-state index contributed by atoms with van der Waals surface area (Å²) in [6.45, 7) is 5.56. The second-order valence-electron chi connectivity index (χ2n) is 8.76. The fourth-order valence-corrected chi connectivity index (χ4v) is 3.96. The monoisotopic (exact) mass is 523 g/mol. The fourth-order valence-electron chi connectivity index (χ4n) is 3.48. The van der Waals surface area contributed by atoms with Crippen molar-refractivity contribution in [1.82, 2.24) is 0 Å². The molecule has 0 aliphatic heterocycles. The Morgan fingerprint density at radius 2 is 1.38 bits per heavy atom. The number of hydrogen-bond acceptors (Lipinski definition) is 5. The number of carbonyl (C=O) groups excluding carboxylic acids is 1. The van der Waals surface area contributed by atoms with Crippen LogP contribution in [0.2, 0.25) is 0 Å². The van der Waals surface area contributed by atoms with E-state index >= 15 is 0 Å². The molecule has 0 saturated heterocycles. The summed E-state index contributed by atoms with van der Waals surface area (Å²) in [5, 5.41) is 0. The molecule has 0 heterocycles. The fraction of sp³-hybridized carbons (Fsp3) is 0.286. The van der Waals surface area contributed by atoms with Crippen LogP contribution < -0.4 is 9.47 Å². The number of benzene rings is 3. The van der Waals surface area contributed by atoms with E-state index in [-0.39, 0.29) is 0 Å². The largest absolute Gasteiger partial charge is 0.493 e. The first-order valence-electron chi connectivity index (χ1n) is 11.0. The number of rotatable bonds is 8. The van der Waals surface area contributed by atoms with E-state index in [9.17, 15) is 4.79 Å². The predicted octanol–water partition coefficient (Wildman–Crippen LogP) is 6.26. The van der Waals surface area contributed by atoms with E-state index in [0.29, 0.717) is 17.9 Å². The van der Waals surface area contributed by atoms with Gasteiger partial charge in [0.15, 0.2) is 17.5 Å². The number of nitrogens with zero attached hydrogens (tertiary/aromatic N) is 1. The van der Waals surface area contributed by atoms with Crippen LogP contribution in [-0.4, -0.2) is 37.5 Å². The number of halogens is 1. The van der Waals surface area contributed by atoms with Crippen molar-refractivity contribution in [3.63, 3.8) is 0 Å². The van der Waals surface area contributed by atoms with Crippen molar-refractivity contribution in [2.75, 3.05) is 14.2 Å². The molecule has 178 valence electrons. The Morgan fingerprint density at radius 1 is 0.882 bits per heavy atom. The van der Waals surface area contributed by atoms with E-state index < -0.39 is 17.6 Å². The van der Waals surface area contributed by atoms with Gasteiger partial charge in [-0.2, -0.15) is 0 Å². The Hall–Kier alpha value is -3.12. The molecule has 0 aromatic heterocycles. The van der Waals surface area contributed by atoms with Crippen LogP contribution in [-0.2, 0) is 16.0 Å². The summed E-state index contributed by atoms with van der Waals surface area (Å²) in [6, 6.07) is 22.6. The molecule has 0 fully saturated rings. The van der Waals surface area contributed by atoms with Gasteiger partial charge in [0.1, 0.15) is 5.60 Å². The minimum absolute atomic E-state index is 0.318. The number of esters is 1. The highest BCUT2D eigenvalue weighted by Crippen LogP contribution is 2.34. The lowest BCUT2D eigenvalue weighted by Gasteiger charge is -2.23. The lowest BCUT2D eigenvalue weighted by molar-refractivity contribution is -0.156. The van der Waals surface area contributed by atoms with Gasteiger partial charge in [-0.1, -0.05) is 76.6 Å². The van der Waals surface area contributed by atoms with Gasteiger partial charge >= 0.3 is 5.97 Å². The lowest BCUT2D eigenvalue weighted by atomic mass is 10.0. The average Bonchev–Trinajstić information content (AvgIpc) is 2.82.